The van der Waals surface area contributed by atoms with E-state index < -0.39 is 5.76 Å². The van der Waals surface area contributed by atoms with Crippen LogP contribution in [-0.4, -0.2) is 16.6 Å². The van der Waals surface area contributed by atoms with Gasteiger partial charge in [-0.05, 0) is 31.0 Å². The Labute approximate surface area is 108 Å². The molecule has 0 radical (unpaired) electrons. The molecular formula is C14H13NO4. The van der Waals surface area contributed by atoms with Gasteiger partial charge in [0.25, 0.3) is 0 Å². The van der Waals surface area contributed by atoms with Crippen molar-refractivity contribution in [2.75, 3.05) is 0 Å². The molecule has 98 valence electrons. The molecule has 1 aromatic carbocycles. The van der Waals surface area contributed by atoms with E-state index in [9.17, 15) is 14.4 Å². The summed E-state index contributed by atoms with van der Waals surface area (Å²) >= 11 is 0. The number of Topliss-reactive ketones (excluding diaryl/α,β-unsaturated/α-hetero) is 2. The van der Waals surface area contributed by atoms with Crippen molar-refractivity contribution in [3.63, 3.8) is 0 Å². The third kappa shape index (κ3) is 2.23. The first-order chi connectivity index (χ1) is 9.13. The normalized spacial score (nSPS) is 16.9. The van der Waals surface area contributed by atoms with Crippen molar-refractivity contribution in [3.05, 3.63) is 34.3 Å². The fraction of sp³-hybridized carbons (Fsp3) is 0.357. The molecule has 19 heavy (non-hydrogen) atoms. The number of nitrogens with one attached hydrogen (secondary N) is 1. The van der Waals surface area contributed by atoms with Gasteiger partial charge in [-0.2, -0.15) is 0 Å². The Hall–Kier alpha value is -2.17. The maximum absolute atomic E-state index is 12.3. The molecule has 0 amide bonds. The van der Waals surface area contributed by atoms with Gasteiger partial charge in [0, 0.05) is 24.3 Å². The summed E-state index contributed by atoms with van der Waals surface area (Å²) in [7, 11) is 0. The van der Waals surface area contributed by atoms with Crippen LogP contribution in [0.2, 0.25) is 0 Å². The summed E-state index contributed by atoms with van der Waals surface area (Å²) < 4.78 is 4.90. The van der Waals surface area contributed by atoms with Gasteiger partial charge < -0.3 is 4.42 Å². The van der Waals surface area contributed by atoms with E-state index in [4.69, 9.17) is 4.42 Å². The molecular weight excluding hydrogens is 246 g/mol. The molecule has 2 aromatic rings. The molecule has 1 saturated carbocycles. The Morgan fingerprint density at radius 3 is 2.68 bits per heavy atom. The molecule has 3 rings (SSSR count). The largest absolute Gasteiger partial charge is 0.417 e. The molecule has 1 aliphatic carbocycles. The Bertz CT molecular complexity index is 700. The molecule has 5 heteroatoms. The number of ketones is 2. The third-order valence-electron chi connectivity index (χ3n) is 3.62. The van der Waals surface area contributed by atoms with Crippen molar-refractivity contribution in [2.45, 2.75) is 25.7 Å². The predicted octanol–water partition coefficient (Wildman–Crippen LogP) is 2.06. The number of hydrogen-bond donors (Lipinski definition) is 1. The standard InChI is InChI=1S/C14H13NO4/c16-10-4-1-8(2-5-10)13(17)9-3-6-12-11(7-9)15-14(18)19-12/h3,6-8H,1-2,4-5H2,(H,15,18). The molecule has 0 spiro atoms. The summed E-state index contributed by atoms with van der Waals surface area (Å²) in [6.45, 7) is 0. The van der Waals surface area contributed by atoms with Gasteiger partial charge in [-0.3, -0.25) is 14.6 Å². The number of oxazole rings is 1. The fourth-order valence-electron chi connectivity index (χ4n) is 2.54. The highest BCUT2D eigenvalue weighted by Gasteiger charge is 2.25. The van der Waals surface area contributed by atoms with E-state index in [1.165, 1.54) is 0 Å². The first-order valence-corrected chi connectivity index (χ1v) is 6.32. The van der Waals surface area contributed by atoms with Gasteiger partial charge in [-0.15, -0.1) is 0 Å². The molecule has 5 nitrogen and oxygen atoms in total. The second-order valence-corrected chi connectivity index (χ2v) is 4.90. The van der Waals surface area contributed by atoms with Gasteiger partial charge in [0.05, 0.1) is 5.52 Å². The van der Waals surface area contributed by atoms with Gasteiger partial charge in [0.2, 0.25) is 0 Å². The maximum Gasteiger partial charge on any atom is 0.417 e. The average Bonchev–Trinajstić information content (AvgIpc) is 2.77. The summed E-state index contributed by atoms with van der Waals surface area (Å²) in [5.74, 6) is -0.341. The summed E-state index contributed by atoms with van der Waals surface area (Å²) in [5, 5.41) is 0. The van der Waals surface area contributed by atoms with Crippen LogP contribution in [0.3, 0.4) is 0 Å². The van der Waals surface area contributed by atoms with Crippen LogP contribution in [0.1, 0.15) is 36.0 Å². The first-order valence-electron chi connectivity index (χ1n) is 6.32. The van der Waals surface area contributed by atoms with Crippen LogP contribution in [0.25, 0.3) is 11.1 Å². The smallest absolute Gasteiger partial charge is 0.408 e. The lowest BCUT2D eigenvalue weighted by molar-refractivity contribution is -0.120. The minimum Gasteiger partial charge on any atom is -0.408 e. The third-order valence-corrected chi connectivity index (χ3v) is 3.62. The molecule has 0 bridgehead atoms. The van der Waals surface area contributed by atoms with E-state index in [1.54, 1.807) is 18.2 Å². The Morgan fingerprint density at radius 1 is 1.21 bits per heavy atom. The lowest BCUT2D eigenvalue weighted by Crippen LogP contribution is -2.21. The number of carbonyl (C=O) groups is 2. The van der Waals surface area contributed by atoms with Crippen LogP contribution in [0.5, 0.6) is 0 Å². The lowest BCUT2D eigenvalue weighted by Gasteiger charge is -2.19. The highest BCUT2D eigenvalue weighted by molar-refractivity contribution is 6.01. The van der Waals surface area contributed by atoms with Crippen LogP contribution in [0.4, 0.5) is 0 Å². The second-order valence-electron chi connectivity index (χ2n) is 4.90. The summed E-state index contributed by atoms with van der Waals surface area (Å²) in [5.41, 5.74) is 1.53. The van der Waals surface area contributed by atoms with Gasteiger partial charge in [-0.1, -0.05) is 0 Å². The topological polar surface area (TPSA) is 80.1 Å². The summed E-state index contributed by atoms with van der Waals surface area (Å²) in [4.78, 5) is 37.1. The van der Waals surface area contributed by atoms with Crippen molar-refractivity contribution in [3.8, 4) is 0 Å². The lowest BCUT2D eigenvalue weighted by atomic mass is 9.83. The van der Waals surface area contributed by atoms with Crippen molar-refractivity contribution in [1.82, 2.24) is 4.98 Å². The number of carbonyl (C=O) groups excluding carboxylic acids is 2. The number of H-pyrrole nitrogens is 1. The highest BCUT2D eigenvalue weighted by Crippen LogP contribution is 2.26. The van der Waals surface area contributed by atoms with E-state index in [-0.39, 0.29) is 17.5 Å². The summed E-state index contributed by atoms with van der Waals surface area (Å²) in [6, 6.07) is 4.92. The summed E-state index contributed by atoms with van der Waals surface area (Å²) in [6.07, 6.45) is 2.22. The second kappa shape index (κ2) is 4.50. The minimum atomic E-state index is -0.525. The van der Waals surface area contributed by atoms with Crippen LogP contribution in [0.15, 0.2) is 27.4 Å². The van der Waals surface area contributed by atoms with E-state index in [2.05, 4.69) is 4.98 Å². The van der Waals surface area contributed by atoms with E-state index in [1.807, 2.05) is 0 Å². The number of fused-ring (bicyclic) bond motifs is 1. The number of aromatic nitrogens is 1. The van der Waals surface area contributed by atoms with Crippen molar-refractivity contribution < 1.29 is 14.0 Å². The molecule has 1 aliphatic rings. The highest BCUT2D eigenvalue weighted by atomic mass is 16.4. The van der Waals surface area contributed by atoms with Gasteiger partial charge in [0.1, 0.15) is 5.78 Å². The Morgan fingerprint density at radius 2 is 1.95 bits per heavy atom. The van der Waals surface area contributed by atoms with E-state index in [0.29, 0.717) is 42.3 Å². The fourth-order valence-corrected chi connectivity index (χ4v) is 2.54. The zero-order valence-electron chi connectivity index (χ0n) is 10.3. The molecule has 1 aromatic heterocycles. The quantitative estimate of drug-likeness (QED) is 0.837. The zero-order chi connectivity index (χ0) is 13.4. The molecule has 0 aliphatic heterocycles. The van der Waals surface area contributed by atoms with Crippen molar-refractivity contribution in [1.29, 1.82) is 0 Å². The van der Waals surface area contributed by atoms with Crippen molar-refractivity contribution >= 4 is 22.7 Å². The van der Waals surface area contributed by atoms with Crippen LogP contribution in [-0.2, 0) is 4.79 Å². The van der Waals surface area contributed by atoms with Gasteiger partial charge in [-0.25, -0.2) is 4.79 Å². The molecule has 0 atom stereocenters. The number of rotatable bonds is 2. The predicted molar refractivity (Wildman–Crippen MR) is 68.1 cm³/mol. The Balaban J connectivity index is 1.88. The van der Waals surface area contributed by atoms with Crippen LogP contribution >= 0.6 is 0 Å². The molecule has 1 heterocycles. The molecule has 0 unspecified atom stereocenters. The van der Waals surface area contributed by atoms with E-state index >= 15 is 0 Å². The number of hydrogen-bond acceptors (Lipinski definition) is 4. The van der Waals surface area contributed by atoms with E-state index in [0.717, 1.165) is 0 Å². The van der Waals surface area contributed by atoms with Crippen LogP contribution < -0.4 is 5.76 Å². The SMILES string of the molecule is O=C1CCC(C(=O)c2ccc3oc(=O)[nH]c3c2)CC1. The molecule has 0 saturated heterocycles. The van der Waals surface area contributed by atoms with Gasteiger partial charge >= 0.3 is 5.76 Å². The average molecular weight is 259 g/mol. The molecule has 1 fully saturated rings. The van der Waals surface area contributed by atoms with Crippen LogP contribution in [0, 0.1) is 5.92 Å². The number of benzene rings is 1. The first kappa shape index (κ1) is 11.9. The number of aromatic amines is 1. The van der Waals surface area contributed by atoms with Gasteiger partial charge in [0.15, 0.2) is 11.4 Å². The maximum atomic E-state index is 12.3. The van der Waals surface area contributed by atoms with Crippen molar-refractivity contribution in [2.24, 2.45) is 5.92 Å². The minimum absolute atomic E-state index is 0.0384. The molecule has 1 N–H and O–H groups in total. The zero-order valence-corrected chi connectivity index (χ0v) is 10.3. The monoisotopic (exact) mass is 259 g/mol. The Kier molecular flexibility index (Phi) is 2.81.